The van der Waals surface area contributed by atoms with Gasteiger partial charge < -0.3 is 19.7 Å². The molecular weight excluding hydrogens is 433 g/mol. The van der Waals surface area contributed by atoms with Gasteiger partial charge in [-0.2, -0.15) is 0 Å². The molecule has 0 saturated carbocycles. The van der Waals surface area contributed by atoms with Gasteiger partial charge in [0, 0.05) is 30.7 Å². The van der Waals surface area contributed by atoms with E-state index in [1.165, 1.54) is 17.8 Å². The molecule has 2 fully saturated rings. The van der Waals surface area contributed by atoms with E-state index >= 15 is 0 Å². The van der Waals surface area contributed by atoms with Gasteiger partial charge in [0.2, 0.25) is 0 Å². The monoisotopic (exact) mass is 459 g/mol. The van der Waals surface area contributed by atoms with Crippen molar-refractivity contribution in [2.75, 3.05) is 27.3 Å². The van der Waals surface area contributed by atoms with Crippen molar-refractivity contribution in [1.82, 2.24) is 15.2 Å². The van der Waals surface area contributed by atoms with Crippen molar-refractivity contribution < 1.29 is 14.3 Å². The van der Waals surface area contributed by atoms with Gasteiger partial charge in [-0.1, -0.05) is 0 Å². The molecule has 2 aromatic rings. The lowest BCUT2D eigenvalue weighted by Gasteiger charge is -2.23. The fourth-order valence-electron chi connectivity index (χ4n) is 3.96. The van der Waals surface area contributed by atoms with E-state index in [9.17, 15) is 4.79 Å². The van der Waals surface area contributed by atoms with Crippen molar-refractivity contribution in [3.63, 3.8) is 0 Å². The van der Waals surface area contributed by atoms with Crippen LogP contribution in [0.1, 0.15) is 34.6 Å². The van der Waals surface area contributed by atoms with Crippen LogP contribution in [0.5, 0.6) is 11.5 Å². The number of thiazole rings is 1. The Morgan fingerprint density at radius 2 is 1.86 bits per heavy atom. The van der Waals surface area contributed by atoms with Gasteiger partial charge in [0.15, 0.2) is 11.5 Å². The molecule has 4 rings (SSSR count). The number of nitrogens with one attached hydrogen (secondary N) is 1. The lowest BCUT2D eigenvalue weighted by molar-refractivity contribution is 0.0752. The Bertz CT molecular complexity index is 861. The number of fused-ring (bicyclic) bond motifs is 2. The Morgan fingerprint density at radius 3 is 2.59 bits per heavy atom. The highest BCUT2D eigenvalue weighted by Gasteiger charge is 2.32. The Balaban J connectivity index is 0.00000150. The van der Waals surface area contributed by atoms with Crippen LogP contribution >= 0.6 is 36.2 Å². The first kappa shape index (κ1) is 23.7. The quantitative estimate of drug-likeness (QED) is 0.749. The van der Waals surface area contributed by atoms with Crippen LogP contribution in [0.2, 0.25) is 0 Å². The molecule has 2 saturated heterocycles. The minimum Gasteiger partial charge on any atom is -0.493 e. The van der Waals surface area contributed by atoms with E-state index in [1.807, 2.05) is 30.0 Å². The maximum Gasteiger partial charge on any atom is 0.265 e. The normalized spacial score (nSPS) is 20.3. The van der Waals surface area contributed by atoms with Crippen LogP contribution in [0, 0.1) is 6.92 Å². The number of rotatable bonds is 4. The highest BCUT2D eigenvalue weighted by atomic mass is 35.5. The first-order valence-corrected chi connectivity index (χ1v) is 10.2. The Hall–Kier alpha value is -1.54. The van der Waals surface area contributed by atoms with E-state index in [4.69, 9.17) is 9.47 Å². The third-order valence-corrected chi connectivity index (χ3v) is 6.63. The smallest absolute Gasteiger partial charge is 0.265 e. The van der Waals surface area contributed by atoms with Gasteiger partial charge in [-0.05, 0) is 44.4 Å². The molecule has 1 N–H and O–H groups in total. The summed E-state index contributed by atoms with van der Waals surface area (Å²) >= 11 is 1.45. The van der Waals surface area contributed by atoms with Crippen molar-refractivity contribution in [3.05, 3.63) is 28.8 Å². The lowest BCUT2D eigenvalue weighted by atomic mass is 10.1. The van der Waals surface area contributed by atoms with Gasteiger partial charge >= 0.3 is 0 Å². The van der Waals surface area contributed by atoms with Crippen LogP contribution in [-0.4, -0.2) is 55.2 Å². The van der Waals surface area contributed by atoms with Crippen LogP contribution < -0.4 is 14.8 Å². The van der Waals surface area contributed by atoms with Crippen molar-refractivity contribution >= 4 is 42.1 Å². The van der Waals surface area contributed by atoms with Gasteiger partial charge in [0.25, 0.3) is 5.91 Å². The summed E-state index contributed by atoms with van der Waals surface area (Å²) in [5.41, 5.74) is 1.72. The minimum atomic E-state index is 0. The zero-order chi connectivity index (χ0) is 19.0. The van der Waals surface area contributed by atoms with Crippen molar-refractivity contribution in [2.24, 2.45) is 0 Å². The first-order valence-electron chi connectivity index (χ1n) is 9.34. The third-order valence-electron chi connectivity index (χ3n) is 5.43. The number of likely N-dealkylation sites (tertiary alicyclic amines) is 1. The van der Waals surface area contributed by atoms with E-state index < -0.39 is 0 Å². The summed E-state index contributed by atoms with van der Waals surface area (Å²) in [6.45, 7) is 3.52. The van der Waals surface area contributed by atoms with Gasteiger partial charge in [-0.3, -0.25) is 4.79 Å². The van der Waals surface area contributed by atoms with Gasteiger partial charge in [-0.25, -0.2) is 4.98 Å². The summed E-state index contributed by atoms with van der Waals surface area (Å²) in [4.78, 5) is 20.5. The lowest BCUT2D eigenvalue weighted by Crippen LogP contribution is -2.39. The summed E-state index contributed by atoms with van der Waals surface area (Å²) < 4.78 is 10.7. The van der Waals surface area contributed by atoms with Gasteiger partial charge in [0.1, 0.15) is 9.88 Å². The summed E-state index contributed by atoms with van der Waals surface area (Å²) in [7, 11) is 3.23. The second kappa shape index (κ2) is 9.98. The number of aromatic nitrogens is 1. The standard InChI is InChI=1S/C20H25N3O3S.2ClH/c1-12-18(20(24)23-9-8-14-5-6-15(11-23)22-14)27-19(21-12)13-4-7-16(25-2)17(10-13)26-3;;/h4,7,10,14-15,22H,5-6,8-9,11H2,1-3H3;2*1H. The number of amides is 1. The van der Waals surface area contributed by atoms with Crippen LogP contribution in [-0.2, 0) is 0 Å². The number of methoxy groups -OCH3 is 2. The average Bonchev–Trinajstić information content (AvgIpc) is 3.22. The van der Waals surface area contributed by atoms with E-state index in [1.54, 1.807) is 14.2 Å². The first-order chi connectivity index (χ1) is 13.1. The Labute approximate surface area is 187 Å². The summed E-state index contributed by atoms with van der Waals surface area (Å²) in [5.74, 6) is 1.44. The third kappa shape index (κ3) is 4.79. The Kier molecular flexibility index (Phi) is 8.17. The average molecular weight is 460 g/mol. The SMILES string of the molecule is COc1ccc(-c2nc(C)c(C(=O)N3CCC4CCC(C3)N4)s2)cc1OC.Cl.Cl. The number of hydrogen-bond donors (Lipinski definition) is 1. The molecule has 2 unspecified atom stereocenters. The molecule has 6 nitrogen and oxygen atoms in total. The molecule has 2 atom stereocenters. The van der Waals surface area contributed by atoms with E-state index in [-0.39, 0.29) is 30.7 Å². The number of benzene rings is 1. The predicted octanol–water partition coefficient (Wildman–Crippen LogP) is 3.95. The highest BCUT2D eigenvalue weighted by molar-refractivity contribution is 7.17. The molecule has 0 radical (unpaired) electrons. The number of aryl methyl sites for hydroxylation is 1. The summed E-state index contributed by atoms with van der Waals surface area (Å²) in [5, 5.41) is 4.45. The molecule has 2 aliphatic rings. The zero-order valence-electron chi connectivity index (χ0n) is 16.8. The van der Waals surface area contributed by atoms with Crippen LogP contribution in [0.25, 0.3) is 10.6 Å². The second-order valence-corrected chi connectivity index (χ2v) is 8.18. The summed E-state index contributed by atoms with van der Waals surface area (Å²) in [6, 6.07) is 6.71. The molecule has 2 bridgehead atoms. The van der Waals surface area contributed by atoms with Crippen LogP contribution in [0.4, 0.5) is 0 Å². The minimum absolute atomic E-state index is 0. The summed E-state index contributed by atoms with van der Waals surface area (Å²) in [6.07, 6.45) is 3.42. The van der Waals surface area contributed by atoms with Crippen molar-refractivity contribution in [3.8, 4) is 22.1 Å². The predicted molar refractivity (Wildman–Crippen MR) is 120 cm³/mol. The van der Waals surface area contributed by atoms with Gasteiger partial charge in [-0.15, -0.1) is 36.2 Å². The zero-order valence-corrected chi connectivity index (χ0v) is 19.2. The van der Waals surface area contributed by atoms with Crippen molar-refractivity contribution in [2.45, 2.75) is 38.3 Å². The molecule has 0 aliphatic carbocycles. The van der Waals surface area contributed by atoms with E-state index in [0.717, 1.165) is 47.1 Å². The number of carbonyl (C=O) groups is 1. The molecule has 1 aromatic heterocycles. The highest BCUT2D eigenvalue weighted by Crippen LogP contribution is 2.35. The Morgan fingerprint density at radius 1 is 1.14 bits per heavy atom. The number of halogens is 2. The molecule has 9 heteroatoms. The largest absolute Gasteiger partial charge is 0.493 e. The maximum atomic E-state index is 13.1. The van der Waals surface area contributed by atoms with E-state index in [2.05, 4.69) is 10.3 Å². The molecule has 0 spiro atoms. The molecule has 2 aliphatic heterocycles. The van der Waals surface area contributed by atoms with Gasteiger partial charge in [0.05, 0.1) is 19.9 Å². The fraction of sp³-hybridized carbons (Fsp3) is 0.500. The second-order valence-electron chi connectivity index (χ2n) is 7.18. The molecule has 160 valence electrons. The number of hydrogen-bond acceptors (Lipinski definition) is 6. The van der Waals surface area contributed by atoms with Crippen molar-refractivity contribution in [1.29, 1.82) is 0 Å². The molecule has 1 amide bonds. The topological polar surface area (TPSA) is 63.7 Å². The number of carbonyl (C=O) groups excluding carboxylic acids is 1. The maximum absolute atomic E-state index is 13.1. The molecule has 3 heterocycles. The molecule has 29 heavy (non-hydrogen) atoms. The van der Waals surface area contributed by atoms with Crippen LogP contribution in [0.3, 0.4) is 0 Å². The van der Waals surface area contributed by atoms with Crippen LogP contribution in [0.15, 0.2) is 18.2 Å². The molecular formula is C20H27Cl2N3O3S. The van der Waals surface area contributed by atoms with E-state index in [0.29, 0.717) is 23.6 Å². The molecule has 1 aromatic carbocycles. The fourth-order valence-corrected chi connectivity index (χ4v) is 4.99. The number of nitrogens with zero attached hydrogens (tertiary/aromatic N) is 2. The number of ether oxygens (including phenoxy) is 2.